The Morgan fingerprint density at radius 2 is 1.41 bits per heavy atom. The van der Waals surface area contributed by atoms with E-state index in [9.17, 15) is 18.0 Å². The van der Waals surface area contributed by atoms with Gasteiger partial charge < -0.3 is 5.32 Å². The monoisotopic (exact) mass is 450 g/mol. The van der Waals surface area contributed by atoms with E-state index in [2.05, 4.69) is 16.2 Å². The highest BCUT2D eigenvalue weighted by atomic mass is 32.2. The second-order valence-corrected chi connectivity index (χ2v) is 9.06. The molecular formula is C23H22N4O4S. The number of rotatable bonds is 5. The molecule has 0 radical (unpaired) electrons. The van der Waals surface area contributed by atoms with Crippen LogP contribution < -0.4 is 21.3 Å². The number of nitrogens with one attached hydrogen (secondary N) is 3. The molecule has 1 aliphatic heterocycles. The number of amides is 2. The average Bonchev–Trinajstić information content (AvgIpc) is 2.79. The van der Waals surface area contributed by atoms with Gasteiger partial charge in [0.2, 0.25) is 21.8 Å². The van der Waals surface area contributed by atoms with Crippen LogP contribution in [0.25, 0.3) is 0 Å². The number of carbonyl (C=O) groups is 2. The predicted octanol–water partition coefficient (Wildman–Crippen LogP) is 2.05. The predicted molar refractivity (Wildman–Crippen MR) is 120 cm³/mol. The summed E-state index contributed by atoms with van der Waals surface area (Å²) in [6.45, 7) is 0. The van der Waals surface area contributed by atoms with Gasteiger partial charge in [0, 0.05) is 11.6 Å². The summed E-state index contributed by atoms with van der Waals surface area (Å²) in [5.74, 6) is -2.45. The minimum atomic E-state index is -3.85. The van der Waals surface area contributed by atoms with Crippen LogP contribution in [-0.2, 0) is 19.6 Å². The van der Waals surface area contributed by atoms with Gasteiger partial charge in [-0.2, -0.15) is 0 Å². The van der Waals surface area contributed by atoms with Crippen molar-refractivity contribution in [1.82, 2.24) is 10.9 Å². The van der Waals surface area contributed by atoms with Crippen molar-refractivity contribution < 1.29 is 18.0 Å². The number of primary sulfonamides is 1. The molecule has 0 spiro atoms. The van der Waals surface area contributed by atoms with Crippen molar-refractivity contribution in [2.24, 2.45) is 11.1 Å². The minimum Gasteiger partial charge on any atom is -0.325 e. The quantitative estimate of drug-likeness (QED) is 0.442. The van der Waals surface area contributed by atoms with Crippen molar-refractivity contribution in [2.45, 2.75) is 16.9 Å². The van der Waals surface area contributed by atoms with Crippen LogP contribution in [0.2, 0.25) is 0 Å². The first-order valence-electron chi connectivity index (χ1n) is 9.93. The summed E-state index contributed by atoms with van der Waals surface area (Å²) in [7, 11) is -3.85. The van der Waals surface area contributed by atoms with Gasteiger partial charge in [0.25, 0.3) is 0 Å². The Morgan fingerprint density at radius 3 is 1.97 bits per heavy atom. The number of sulfonamides is 1. The Morgan fingerprint density at radius 1 is 0.844 bits per heavy atom. The third kappa shape index (κ3) is 4.54. The third-order valence-corrected chi connectivity index (χ3v) is 6.36. The van der Waals surface area contributed by atoms with E-state index < -0.39 is 33.7 Å². The van der Waals surface area contributed by atoms with Crippen LogP contribution in [0.3, 0.4) is 0 Å². The van der Waals surface area contributed by atoms with Crippen LogP contribution >= 0.6 is 0 Å². The lowest BCUT2D eigenvalue weighted by molar-refractivity contribution is -0.137. The van der Waals surface area contributed by atoms with Crippen LogP contribution in [0.4, 0.5) is 5.69 Å². The molecule has 3 aromatic rings. The molecule has 1 aliphatic rings. The van der Waals surface area contributed by atoms with Gasteiger partial charge in [0.05, 0.1) is 10.9 Å². The molecule has 5 N–H and O–H groups in total. The molecule has 0 aliphatic carbocycles. The largest absolute Gasteiger partial charge is 0.325 e. The van der Waals surface area contributed by atoms with E-state index >= 15 is 0 Å². The number of hydrazine groups is 1. The molecule has 32 heavy (non-hydrogen) atoms. The maximum Gasteiger partial charge on any atom is 0.247 e. The SMILES string of the molecule is NS(=O)(=O)c1ccc(NC(=O)C2C(=O)NNC(c3ccccc3)C2c2ccccc2)cc1. The molecule has 1 heterocycles. The summed E-state index contributed by atoms with van der Waals surface area (Å²) in [5, 5.41) is 7.85. The fourth-order valence-electron chi connectivity index (χ4n) is 3.91. The number of nitrogens with two attached hydrogens (primary N) is 1. The van der Waals surface area contributed by atoms with E-state index in [0.717, 1.165) is 11.1 Å². The van der Waals surface area contributed by atoms with E-state index in [1.54, 1.807) is 0 Å². The zero-order valence-corrected chi connectivity index (χ0v) is 17.8. The fraction of sp³-hybridized carbons (Fsp3) is 0.130. The molecule has 9 heteroatoms. The fourth-order valence-corrected chi connectivity index (χ4v) is 4.43. The van der Waals surface area contributed by atoms with Crippen LogP contribution in [0.15, 0.2) is 89.8 Å². The lowest BCUT2D eigenvalue weighted by atomic mass is 9.76. The van der Waals surface area contributed by atoms with Gasteiger partial charge in [-0.1, -0.05) is 60.7 Å². The molecule has 3 aromatic carbocycles. The maximum absolute atomic E-state index is 13.3. The number of anilines is 1. The molecule has 0 aromatic heterocycles. The zero-order chi connectivity index (χ0) is 22.7. The molecule has 1 saturated heterocycles. The Kier molecular flexibility index (Phi) is 6.04. The van der Waals surface area contributed by atoms with Crippen molar-refractivity contribution in [3.8, 4) is 0 Å². The first-order valence-corrected chi connectivity index (χ1v) is 11.5. The molecule has 0 saturated carbocycles. The zero-order valence-electron chi connectivity index (χ0n) is 16.9. The molecular weight excluding hydrogens is 428 g/mol. The molecule has 2 amide bonds. The lowest BCUT2D eigenvalue weighted by Gasteiger charge is -2.38. The molecule has 4 rings (SSSR count). The van der Waals surface area contributed by atoms with Crippen molar-refractivity contribution in [3.05, 3.63) is 96.1 Å². The highest BCUT2D eigenvalue weighted by Crippen LogP contribution is 2.39. The molecule has 1 fully saturated rings. The Bertz CT molecular complexity index is 1220. The van der Waals surface area contributed by atoms with Gasteiger partial charge in [-0.15, -0.1) is 0 Å². The van der Waals surface area contributed by atoms with Crippen LogP contribution in [0, 0.1) is 5.92 Å². The van der Waals surface area contributed by atoms with E-state index in [-0.39, 0.29) is 10.9 Å². The Hall–Kier alpha value is -3.53. The number of hydrogen-bond acceptors (Lipinski definition) is 5. The Balaban J connectivity index is 1.67. The van der Waals surface area contributed by atoms with Crippen LogP contribution in [-0.4, -0.2) is 20.2 Å². The first kappa shape index (κ1) is 21.7. The summed E-state index contributed by atoms with van der Waals surface area (Å²) in [5.41, 5.74) is 7.80. The lowest BCUT2D eigenvalue weighted by Crippen LogP contribution is -2.56. The van der Waals surface area contributed by atoms with E-state index in [1.165, 1.54) is 24.3 Å². The van der Waals surface area contributed by atoms with Gasteiger partial charge in [0.15, 0.2) is 0 Å². The number of hydrogen-bond donors (Lipinski definition) is 4. The average molecular weight is 451 g/mol. The second-order valence-electron chi connectivity index (χ2n) is 7.49. The second kappa shape index (κ2) is 8.91. The van der Waals surface area contributed by atoms with Crippen molar-refractivity contribution in [3.63, 3.8) is 0 Å². The molecule has 3 atom stereocenters. The van der Waals surface area contributed by atoms with E-state index in [4.69, 9.17) is 5.14 Å². The van der Waals surface area contributed by atoms with Crippen molar-refractivity contribution in [2.75, 3.05) is 5.32 Å². The molecule has 3 unspecified atom stereocenters. The van der Waals surface area contributed by atoms with E-state index in [0.29, 0.717) is 5.69 Å². The summed E-state index contributed by atoms with van der Waals surface area (Å²) in [6, 6.07) is 24.1. The highest BCUT2D eigenvalue weighted by molar-refractivity contribution is 7.89. The molecule has 0 bridgehead atoms. The summed E-state index contributed by atoms with van der Waals surface area (Å²) >= 11 is 0. The number of benzene rings is 3. The normalized spacial score (nSPS) is 20.9. The van der Waals surface area contributed by atoms with Gasteiger partial charge in [0.1, 0.15) is 5.92 Å². The minimum absolute atomic E-state index is 0.0681. The summed E-state index contributed by atoms with van der Waals surface area (Å²) in [4.78, 5) is 26.1. The van der Waals surface area contributed by atoms with Gasteiger partial charge in [-0.05, 0) is 35.4 Å². The van der Waals surface area contributed by atoms with Gasteiger partial charge >= 0.3 is 0 Å². The van der Waals surface area contributed by atoms with Crippen LogP contribution in [0.1, 0.15) is 23.1 Å². The maximum atomic E-state index is 13.3. The van der Waals surface area contributed by atoms with Crippen molar-refractivity contribution >= 4 is 27.5 Å². The first-order chi connectivity index (χ1) is 15.3. The van der Waals surface area contributed by atoms with Crippen LogP contribution in [0.5, 0.6) is 0 Å². The standard InChI is InChI=1S/C23H22N4O4S/c24-32(30,31)18-13-11-17(12-14-18)25-22(28)20-19(15-7-3-1-4-8-15)21(26-27-23(20)29)16-9-5-2-6-10-16/h1-14,19-21,26H,(H,25,28)(H,27,29)(H2,24,30,31). The highest BCUT2D eigenvalue weighted by Gasteiger charge is 2.44. The number of carbonyl (C=O) groups excluding carboxylic acids is 2. The summed E-state index contributed by atoms with van der Waals surface area (Å²) in [6.07, 6.45) is 0. The van der Waals surface area contributed by atoms with Gasteiger partial charge in [-0.25, -0.2) is 19.0 Å². The topological polar surface area (TPSA) is 130 Å². The summed E-state index contributed by atoms with van der Waals surface area (Å²) < 4.78 is 22.9. The molecule has 164 valence electrons. The molecule has 8 nitrogen and oxygen atoms in total. The van der Waals surface area contributed by atoms with Crippen molar-refractivity contribution in [1.29, 1.82) is 0 Å². The third-order valence-electron chi connectivity index (χ3n) is 5.43. The smallest absolute Gasteiger partial charge is 0.247 e. The Labute approximate surface area is 185 Å². The van der Waals surface area contributed by atoms with Gasteiger partial charge in [-0.3, -0.25) is 15.0 Å². The van der Waals surface area contributed by atoms with E-state index in [1.807, 2.05) is 60.7 Å².